The van der Waals surface area contributed by atoms with Crippen LogP contribution in [0, 0.1) is 0 Å². The quantitative estimate of drug-likeness (QED) is 0.660. The van der Waals surface area contributed by atoms with Crippen molar-refractivity contribution in [3.8, 4) is 0 Å². The number of alkyl halides is 3. The zero-order chi connectivity index (χ0) is 18.5. The SMILES string of the molecule is CCCC/C(=C\[C@@](C)(O)c1ccccc1)c1ccc(C(F)(F)F)cc1. The van der Waals surface area contributed by atoms with Crippen LogP contribution >= 0.6 is 0 Å². The van der Waals surface area contributed by atoms with E-state index in [0.717, 1.165) is 36.1 Å². The zero-order valence-electron chi connectivity index (χ0n) is 14.5. The molecule has 0 bridgehead atoms. The highest BCUT2D eigenvalue weighted by Crippen LogP contribution is 2.33. The number of unbranched alkanes of at least 4 members (excludes halogenated alkanes) is 1. The van der Waals surface area contributed by atoms with E-state index in [4.69, 9.17) is 0 Å². The zero-order valence-corrected chi connectivity index (χ0v) is 14.5. The number of hydrogen-bond donors (Lipinski definition) is 1. The fraction of sp³-hybridized carbons (Fsp3) is 0.333. The van der Waals surface area contributed by atoms with Gasteiger partial charge in [-0.3, -0.25) is 0 Å². The largest absolute Gasteiger partial charge is 0.416 e. The number of halogens is 3. The molecular weight excluding hydrogens is 325 g/mol. The summed E-state index contributed by atoms with van der Waals surface area (Å²) in [7, 11) is 0. The molecule has 0 fully saturated rings. The number of hydrogen-bond acceptors (Lipinski definition) is 1. The van der Waals surface area contributed by atoms with Crippen LogP contribution in [0.5, 0.6) is 0 Å². The van der Waals surface area contributed by atoms with Crippen LogP contribution in [0.2, 0.25) is 0 Å². The molecule has 0 amide bonds. The van der Waals surface area contributed by atoms with E-state index in [0.29, 0.717) is 12.0 Å². The van der Waals surface area contributed by atoms with E-state index in [1.165, 1.54) is 12.1 Å². The Morgan fingerprint density at radius 3 is 2.08 bits per heavy atom. The lowest BCUT2D eigenvalue weighted by Crippen LogP contribution is -2.18. The van der Waals surface area contributed by atoms with Gasteiger partial charge in [0.05, 0.1) is 5.56 Å². The first-order chi connectivity index (χ1) is 11.7. The number of allylic oxidation sites excluding steroid dienone is 1. The molecule has 134 valence electrons. The maximum atomic E-state index is 12.8. The van der Waals surface area contributed by atoms with Gasteiger partial charge in [-0.05, 0) is 54.7 Å². The fourth-order valence-corrected chi connectivity index (χ4v) is 2.74. The van der Waals surface area contributed by atoms with E-state index in [2.05, 4.69) is 6.92 Å². The van der Waals surface area contributed by atoms with Crippen molar-refractivity contribution in [3.05, 3.63) is 77.4 Å². The fourth-order valence-electron chi connectivity index (χ4n) is 2.74. The molecule has 4 heteroatoms. The summed E-state index contributed by atoms with van der Waals surface area (Å²) in [5, 5.41) is 10.8. The summed E-state index contributed by atoms with van der Waals surface area (Å²) in [5.41, 5.74) is 0.450. The van der Waals surface area contributed by atoms with E-state index in [1.807, 2.05) is 30.3 Å². The van der Waals surface area contributed by atoms with Gasteiger partial charge in [0.15, 0.2) is 0 Å². The smallest absolute Gasteiger partial charge is 0.381 e. The molecule has 0 heterocycles. The summed E-state index contributed by atoms with van der Waals surface area (Å²) in [6.45, 7) is 3.75. The highest BCUT2D eigenvalue weighted by Gasteiger charge is 2.30. The molecule has 0 spiro atoms. The molecule has 0 radical (unpaired) electrons. The Bertz CT molecular complexity index is 698. The van der Waals surface area contributed by atoms with Gasteiger partial charge in [-0.15, -0.1) is 0 Å². The van der Waals surface area contributed by atoms with Crippen molar-refractivity contribution in [3.63, 3.8) is 0 Å². The van der Waals surface area contributed by atoms with E-state index >= 15 is 0 Å². The molecule has 1 nitrogen and oxygen atoms in total. The molecule has 0 saturated carbocycles. The van der Waals surface area contributed by atoms with Crippen LogP contribution in [-0.4, -0.2) is 5.11 Å². The lowest BCUT2D eigenvalue weighted by Gasteiger charge is -2.22. The van der Waals surface area contributed by atoms with E-state index in [-0.39, 0.29) is 0 Å². The standard InChI is InChI=1S/C21H23F3O/c1-3-4-8-17(15-20(2,25)18-9-6-5-7-10-18)16-11-13-19(14-12-16)21(22,23)24/h5-7,9-15,25H,3-4,8H2,1-2H3/b17-15+/t20-/m1/s1. The van der Waals surface area contributed by atoms with E-state index in [9.17, 15) is 18.3 Å². The first-order valence-electron chi connectivity index (χ1n) is 8.41. The summed E-state index contributed by atoms with van der Waals surface area (Å²) in [6, 6.07) is 14.4. The molecule has 25 heavy (non-hydrogen) atoms. The lowest BCUT2D eigenvalue weighted by molar-refractivity contribution is -0.137. The average molecular weight is 348 g/mol. The molecular formula is C21H23F3O. The Morgan fingerprint density at radius 2 is 1.56 bits per heavy atom. The molecule has 0 aliphatic rings. The predicted molar refractivity (Wildman–Crippen MR) is 95.0 cm³/mol. The van der Waals surface area contributed by atoms with Crippen molar-refractivity contribution in [1.82, 2.24) is 0 Å². The molecule has 0 aliphatic heterocycles. The monoisotopic (exact) mass is 348 g/mol. The number of aliphatic hydroxyl groups is 1. The van der Waals surface area contributed by atoms with Crippen LogP contribution in [0.3, 0.4) is 0 Å². The molecule has 1 atom stereocenters. The van der Waals surface area contributed by atoms with Crippen molar-refractivity contribution in [1.29, 1.82) is 0 Å². The third-order valence-electron chi connectivity index (χ3n) is 4.20. The second-order valence-electron chi connectivity index (χ2n) is 6.36. The van der Waals surface area contributed by atoms with Crippen LogP contribution in [0.25, 0.3) is 5.57 Å². The van der Waals surface area contributed by atoms with E-state index in [1.54, 1.807) is 13.0 Å². The lowest BCUT2D eigenvalue weighted by atomic mass is 9.89. The second-order valence-corrected chi connectivity index (χ2v) is 6.36. The normalized spacial score (nSPS) is 15.0. The molecule has 0 saturated heterocycles. The Balaban J connectivity index is 2.38. The number of rotatable bonds is 6. The Morgan fingerprint density at radius 1 is 0.960 bits per heavy atom. The number of benzene rings is 2. The minimum atomic E-state index is -4.35. The highest BCUT2D eigenvalue weighted by atomic mass is 19.4. The van der Waals surface area contributed by atoms with Crippen LogP contribution in [0.15, 0.2) is 60.7 Å². The summed E-state index contributed by atoms with van der Waals surface area (Å²) in [6.07, 6.45) is -0.0318. The molecule has 0 aliphatic carbocycles. The Hall–Kier alpha value is -2.07. The van der Waals surface area contributed by atoms with Gasteiger partial charge in [0.1, 0.15) is 5.60 Å². The van der Waals surface area contributed by atoms with Crippen molar-refractivity contribution in [2.24, 2.45) is 0 Å². The van der Waals surface area contributed by atoms with Gasteiger partial charge in [0.2, 0.25) is 0 Å². The van der Waals surface area contributed by atoms with Crippen LogP contribution in [0.4, 0.5) is 13.2 Å². The summed E-state index contributed by atoms with van der Waals surface area (Å²) in [4.78, 5) is 0. The minimum Gasteiger partial charge on any atom is -0.381 e. The second kappa shape index (κ2) is 7.87. The summed E-state index contributed by atoms with van der Waals surface area (Å²) < 4.78 is 38.3. The van der Waals surface area contributed by atoms with Crippen LogP contribution in [0.1, 0.15) is 49.8 Å². The van der Waals surface area contributed by atoms with Crippen molar-refractivity contribution < 1.29 is 18.3 Å². The van der Waals surface area contributed by atoms with Gasteiger partial charge in [0.25, 0.3) is 0 Å². The first-order valence-corrected chi connectivity index (χ1v) is 8.41. The Labute approximate surface area is 146 Å². The first kappa shape index (κ1) is 19.3. The van der Waals surface area contributed by atoms with Crippen molar-refractivity contribution in [2.45, 2.75) is 44.9 Å². The third kappa shape index (κ3) is 5.20. The minimum absolute atomic E-state index is 0.666. The van der Waals surface area contributed by atoms with Gasteiger partial charge in [0, 0.05) is 0 Å². The maximum absolute atomic E-state index is 12.8. The molecule has 2 rings (SSSR count). The van der Waals surface area contributed by atoms with Gasteiger partial charge >= 0.3 is 6.18 Å². The van der Waals surface area contributed by atoms with Gasteiger partial charge in [-0.25, -0.2) is 0 Å². The van der Waals surface area contributed by atoms with Crippen LogP contribution in [-0.2, 0) is 11.8 Å². The van der Waals surface area contributed by atoms with Gasteiger partial charge in [-0.1, -0.05) is 55.8 Å². The molecule has 2 aromatic rings. The summed E-state index contributed by atoms with van der Waals surface area (Å²) in [5.74, 6) is 0. The highest BCUT2D eigenvalue weighted by molar-refractivity contribution is 5.67. The molecule has 1 N–H and O–H groups in total. The molecule has 0 aromatic heterocycles. The van der Waals surface area contributed by atoms with Crippen molar-refractivity contribution in [2.75, 3.05) is 0 Å². The van der Waals surface area contributed by atoms with E-state index < -0.39 is 17.3 Å². The van der Waals surface area contributed by atoms with Gasteiger partial charge in [-0.2, -0.15) is 13.2 Å². The maximum Gasteiger partial charge on any atom is 0.416 e. The van der Waals surface area contributed by atoms with Crippen molar-refractivity contribution >= 4 is 5.57 Å². The average Bonchev–Trinajstić information content (AvgIpc) is 2.59. The third-order valence-corrected chi connectivity index (χ3v) is 4.20. The Kier molecular flexibility index (Phi) is 6.07. The summed E-state index contributed by atoms with van der Waals surface area (Å²) >= 11 is 0. The predicted octanol–water partition coefficient (Wildman–Crippen LogP) is 6.19. The van der Waals surface area contributed by atoms with Gasteiger partial charge < -0.3 is 5.11 Å². The topological polar surface area (TPSA) is 20.2 Å². The molecule has 2 aromatic carbocycles. The van der Waals surface area contributed by atoms with Crippen LogP contribution < -0.4 is 0 Å². The molecule has 0 unspecified atom stereocenters.